The lowest BCUT2D eigenvalue weighted by atomic mass is 10.1. The first kappa shape index (κ1) is 30.9. The third-order valence-corrected chi connectivity index (χ3v) is 6.48. The zero-order valence-electron chi connectivity index (χ0n) is 22.7. The average Bonchev–Trinajstić information content (AvgIpc) is 2.84. The Hall–Kier alpha value is -2.34. The molecule has 0 bridgehead atoms. The van der Waals surface area contributed by atoms with Gasteiger partial charge in [-0.1, -0.05) is 32.1 Å². The summed E-state index contributed by atoms with van der Waals surface area (Å²) in [6.45, 7) is 8.13. The standard InChI is InChI=1S/C27H41IN4O5/c1-20(2)10-8-6-7-9-11-26(34)29-17-22-12-13-24(25(16-22)36-5)37-27(35)32-15-14-31(21(3)33)19-23(32)18-30(4)28/h8,10,12-13,16,20,23H,6-7,9,11,14-15,17-19H2,1-5H3,(H,29,34)/b10-8+. The number of methoxy groups -OCH3 is 1. The molecule has 1 fully saturated rings. The van der Waals surface area contributed by atoms with Gasteiger partial charge in [0, 0.05) is 68.9 Å². The van der Waals surface area contributed by atoms with Crippen LogP contribution in [0.2, 0.25) is 0 Å². The minimum Gasteiger partial charge on any atom is -0.493 e. The highest BCUT2D eigenvalue weighted by Crippen LogP contribution is 2.29. The van der Waals surface area contributed by atoms with Gasteiger partial charge in [0.15, 0.2) is 11.5 Å². The van der Waals surface area contributed by atoms with E-state index in [0.29, 0.717) is 56.6 Å². The van der Waals surface area contributed by atoms with Crippen molar-refractivity contribution in [2.45, 2.75) is 59.0 Å². The van der Waals surface area contributed by atoms with E-state index in [1.54, 1.807) is 28.9 Å². The molecule has 0 aromatic heterocycles. The van der Waals surface area contributed by atoms with Gasteiger partial charge < -0.3 is 19.7 Å². The zero-order chi connectivity index (χ0) is 27.4. The summed E-state index contributed by atoms with van der Waals surface area (Å²) in [6.07, 6.45) is 7.21. The second kappa shape index (κ2) is 15.8. The maximum Gasteiger partial charge on any atom is 0.415 e. The van der Waals surface area contributed by atoms with Crippen LogP contribution in [0.1, 0.15) is 52.0 Å². The van der Waals surface area contributed by atoms with Crippen LogP contribution in [0.15, 0.2) is 30.4 Å². The van der Waals surface area contributed by atoms with Gasteiger partial charge >= 0.3 is 6.09 Å². The first-order valence-corrected chi connectivity index (χ1v) is 13.8. The predicted molar refractivity (Wildman–Crippen MR) is 153 cm³/mol. The molecular weight excluding hydrogens is 587 g/mol. The van der Waals surface area contributed by atoms with Crippen molar-refractivity contribution < 1.29 is 23.9 Å². The van der Waals surface area contributed by atoms with Gasteiger partial charge in [0.1, 0.15) is 0 Å². The SMILES string of the molecule is COc1cc(CNC(=O)CCCC/C=C/C(C)C)ccc1OC(=O)N1CCN(C(C)=O)CC1CN(C)I. The summed E-state index contributed by atoms with van der Waals surface area (Å²) in [4.78, 5) is 40.5. The summed E-state index contributed by atoms with van der Waals surface area (Å²) >= 11 is 2.17. The maximum atomic E-state index is 13.1. The fourth-order valence-electron chi connectivity index (χ4n) is 4.09. The maximum absolute atomic E-state index is 13.1. The number of amides is 3. The fourth-order valence-corrected chi connectivity index (χ4v) is 4.55. The Morgan fingerprint density at radius 1 is 1.22 bits per heavy atom. The van der Waals surface area contributed by atoms with Crippen molar-refractivity contribution in [1.29, 1.82) is 0 Å². The molecule has 1 heterocycles. The first-order valence-electron chi connectivity index (χ1n) is 12.8. The molecule has 37 heavy (non-hydrogen) atoms. The molecule has 0 radical (unpaired) electrons. The van der Waals surface area contributed by atoms with E-state index in [2.05, 4.69) is 54.2 Å². The molecule has 1 saturated heterocycles. The Labute approximate surface area is 235 Å². The van der Waals surface area contributed by atoms with Gasteiger partial charge in [-0.25, -0.2) is 7.91 Å². The highest BCUT2D eigenvalue weighted by atomic mass is 127. The summed E-state index contributed by atoms with van der Waals surface area (Å²) in [5.41, 5.74) is 0.851. The minimum absolute atomic E-state index is 0.00253. The molecule has 1 atom stereocenters. The molecule has 1 N–H and O–H groups in total. The number of hydrogen-bond acceptors (Lipinski definition) is 6. The van der Waals surface area contributed by atoms with Crippen LogP contribution < -0.4 is 14.8 Å². The van der Waals surface area contributed by atoms with Crippen LogP contribution in [-0.2, 0) is 16.1 Å². The van der Waals surface area contributed by atoms with Crippen LogP contribution in [0.25, 0.3) is 0 Å². The molecule has 1 aromatic rings. The number of benzene rings is 1. The molecule has 0 spiro atoms. The number of nitrogens with one attached hydrogen (secondary N) is 1. The molecule has 1 aliphatic rings. The summed E-state index contributed by atoms with van der Waals surface area (Å²) in [5.74, 6) is 1.29. The Morgan fingerprint density at radius 3 is 2.62 bits per heavy atom. The molecule has 2 rings (SSSR count). The number of hydrogen-bond donors (Lipinski definition) is 1. The number of allylic oxidation sites excluding steroid dienone is 2. The average molecular weight is 629 g/mol. The number of halogens is 1. The van der Waals surface area contributed by atoms with E-state index in [-0.39, 0.29) is 17.9 Å². The molecule has 1 aliphatic heterocycles. The lowest BCUT2D eigenvalue weighted by Gasteiger charge is -2.41. The molecule has 3 amide bonds. The van der Waals surface area contributed by atoms with Crippen molar-refractivity contribution >= 4 is 40.8 Å². The van der Waals surface area contributed by atoms with E-state index < -0.39 is 6.09 Å². The monoisotopic (exact) mass is 628 g/mol. The number of unbranched alkanes of at least 4 members (excludes halogenated alkanes) is 2. The van der Waals surface area contributed by atoms with Crippen molar-refractivity contribution in [1.82, 2.24) is 18.2 Å². The van der Waals surface area contributed by atoms with Crippen LogP contribution in [0.5, 0.6) is 11.5 Å². The van der Waals surface area contributed by atoms with Gasteiger partial charge in [0.05, 0.1) is 13.2 Å². The first-order chi connectivity index (χ1) is 17.6. The number of ether oxygens (including phenoxy) is 2. The lowest BCUT2D eigenvalue weighted by Crippen LogP contribution is -2.59. The molecular formula is C27H41IN4O5. The van der Waals surface area contributed by atoms with Crippen molar-refractivity contribution in [2.75, 3.05) is 40.3 Å². The minimum atomic E-state index is -0.478. The highest BCUT2D eigenvalue weighted by molar-refractivity contribution is 14.1. The molecule has 206 valence electrons. The number of rotatable bonds is 12. The molecule has 1 unspecified atom stereocenters. The second-order valence-corrected chi connectivity index (χ2v) is 11.3. The fraction of sp³-hybridized carbons (Fsp3) is 0.593. The van der Waals surface area contributed by atoms with Gasteiger partial charge in [-0.15, -0.1) is 0 Å². The summed E-state index contributed by atoms with van der Waals surface area (Å²) in [5, 5.41) is 2.94. The van der Waals surface area contributed by atoms with Gasteiger partial charge in [0.2, 0.25) is 11.8 Å². The van der Waals surface area contributed by atoms with E-state index in [1.165, 1.54) is 7.11 Å². The van der Waals surface area contributed by atoms with Crippen LogP contribution in [0.3, 0.4) is 0 Å². The number of likely N-dealkylation sites (N-methyl/N-ethyl adjacent to an activating group) is 1. The number of piperazine rings is 1. The van der Waals surface area contributed by atoms with Crippen molar-refractivity contribution in [3.05, 3.63) is 35.9 Å². The number of carbonyl (C=O) groups is 3. The van der Waals surface area contributed by atoms with E-state index in [4.69, 9.17) is 9.47 Å². The van der Waals surface area contributed by atoms with Crippen LogP contribution >= 0.6 is 22.9 Å². The van der Waals surface area contributed by atoms with Gasteiger partial charge in [-0.05, 0) is 49.9 Å². The molecule has 10 heteroatoms. The van der Waals surface area contributed by atoms with Gasteiger partial charge in [-0.2, -0.15) is 0 Å². The molecule has 1 aromatic carbocycles. The topological polar surface area (TPSA) is 91.4 Å². The highest BCUT2D eigenvalue weighted by Gasteiger charge is 2.33. The Morgan fingerprint density at radius 2 is 1.97 bits per heavy atom. The van der Waals surface area contributed by atoms with Gasteiger partial charge in [0.25, 0.3) is 0 Å². The van der Waals surface area contributed by atoms with Crippen molar-refractivity contribution in [3.8, 4) is 11.5 Å². The Kier molecular flexibility index (Phi) is 13.2. The Balaban J connectivity index is 1.91. The quantitative estimate of drug-likeness (QED) is 0.160. The van der Waals surface area contributed by atoms with Crippen LogP contribution in [0.4, 0.5) is 4.79 Å². The summed E-state index contributed by atoms with van der Waals surface area (Å²) in [7, 11) is 3.44. The normalized spacial score (nSPS) is 15.9. The summed E-state index contributed by atoms with van der Waals surface area (Å²) < 4.78 is 13.1. The smallest absolute Gasteiger partial charge is 0.415 e. The zero-order valence-corrected chi connectivity index (χ0v) is 24.8. The van der Waals surface area contributed by atoms with Crippen molar-refractivity contribution in [3.63, 3.8) is 0 Å². The molecule has 0 saturated carbocycles. The lowest BCUT2D eigenvalue weighted by molar-refractivity contribution is -0.131. The van der Waals surface area contributed by atoms with E-state index >= 15 is 0 Å². The van der Waals surface area contributed by atoms with E-state index in [0.717, 1.165) is 24.8 Å². The Bertz CT molecular complexity index is 937. The summed E-state index contributed by atoms with van der Waals surface area (Å²) in [6, 6.07) is 5.08. The van der Waals surface area contributed by atoms with Crippen LogP contribution in [-0.4, -0.2) is 77.2 Å². The van der Waals surface area contributed by atoms with Crippen LogP contribution in [0, 0.1) is 5.92 Å². The molecule has 0 aliphatic carbocycles. The third-order valence-electron chi connectivity index (χ3n) is 6.09. The molecule has 9 nitrogen and oxygen atoms in total. The second-order valence-electron chi connectivity index (χ2n) is 9.65. The van der Waals surface area contributed by atoms with Gasteiger partial charge in [-0.3, -0.25) is 14.5 Å². The number of carbonyl (C=O) groups excluding carboxylic acids is 3. The van der Waals surface area contributed by atoms with E-state index in [9.17, 15) is 14.4 Å². The predicted octanol–water partition coefficient (Wildman–Crippen LogP) is 4.40. The number of nitrogens with zero attached hydrogens (tertiary/aromatic N) is 3. The third kappa shape index (κ3) is 10.9. The van der Waals surface area contributed by atoms with Crippen molar-refractivity contribution in [2.24, 2.45) is 5.92 Å². The largest absolute Gasteiger partial charge is 0.493 e. The van der Waals surface area contributed by atoms with E-state index in [1.807, 2.05) is 16.2 Å².